The van der Waals surface area contributed by atoms with Gasteiger partial charge in [0.05, 0.1) is 18.7 Å². The van der Waals surface area contributed by atoms with Crippen LogP contribution in [0.4, 0.5) is 0 Å². The Morgan fingerprint density at radius 3 is 2.48 bits per heavy atom. The Hall–Kier alpha value is -3.21. The van der Waals surface area contributed by atoms with E-state index in [0.29, 0.717) is 24.1 Å². The molecule has 1 amide bonds. The lowest BCUT2D eigenvalue weighted by molar-refractivity contribution is -0.128. The molecule has 2 aromatic carbocycles. The predicted molar refractivity (Wildman–Crippen MR) is 111 cm³/mol. The summed E-state index contributed by atoms with van der Waals surface area (Å²) in [7, 11) is 1.36. The molecule has 1 saturated heterocycles. The molecule has 0 saturated carbocycles. The summed E-state index contributed by atoms with van der Waals surface area (Å²) in [6.07, 6.45) is 6.32. The van der Waals surface area contributed by atoms with Gasteiger partial charge in [0.25, 0.3) is 0 Å². The molecule has 1 atom stereocenters. The number of methoxy groups -OCH3 is 1. The molecule has 29 heavy (non-hydrogen) atoms. The number of hydrogen-bond donors (Lipinski definition) is 0. The van der Waals surface area contributed by atoms with E-state index in [9.17, 15) is 14.4 Å². The maximum atomic E-state index is 12.3. The predicted octanol–water partition coefficient (Wildman–Crippen LogP) is 3.84. The van der Waals surface area contributed by atoms with Crippen molar-refractivity contribution in [3.63, 3.8) is 0 Å². The second-order valence-electron chi connectivity index (χ2n) is 7.07. The Morgan fingerprint density at radius 1 is 1.07 bits per heavy atom. The van der Waals surface area contributed by atoms with Gasteiger partial charge >= 0.3 is 5.97 Å². The Balaban J connectivity index is 1.53. The Morgan fingerprint density at radius 2 is 1.79 bits per heavy atom. The van der Waals surface area contributed by atoms with E-state index in [-0.39, 0.29) is 23.7 Å². The van der Waals surface area contributed by atoms with Gasteiger partial charge in [-0.15, -0.1) is 0 Å². The standard InChI is InChI=1S/C24H25NO4/c1-29-24(28)20-11-9-18(10-12-20)6-5-17-25-21(14-16-23(25)27)13-15-22(26)19-7-3-2-4-8-19/h2-4,7-13,15,21H,5-6,14,16-17H2,1H3/b15-13+/t21-/m0/s1. The smallest absolute Gasteiger partial charge is 0.337 e. The first kappa shape index (κ1) is 20.5. The molecule has 5 nitrogen and oxygen atoms in total. The molecular formula is C24H25NO4. The number of amides is 1. The molecule has 5 heteroatoms. The number of rotatable bonds is 8. The van der Waals surface area contributed by atoms with Crippen molar-refractivity contribution in [2.24, 2.45) is 0 Å². The minimum absolute atomic E-state index is 0.0307. The van der Waals surface area contributed by atoms with Crippen LogP contribution in [0.1, 0.15) is 45.5 Å². The maximum absolute atomic E-state index is 12.3. The number of allylic oxidation sites excluding steroid dienone is 1. The fourth-order valence-electron chi connectivity index (χ4n) is 3.52. The molecule has 150 valence electrons. The summed E-state index contributed by atoms with van der Waals surface area (Å²) in [6, 6.07) is 16.4. The molecule has 0 aliphatic carbocycles. The first-order valence-electron chi connectivity index (χ1n) is 9.83. The highest BCUT2D eigenvalue weighted by atomic mass is 16.5. The average molecular weight is 391 g/mol. The summed E-state index contributed by atoms with van der Waals surface area (Å²) in [4.78, 5) is 37.9. The van der Waals surface area contributed by atoms with Crippen LogP contribution < -0.4 is 0 Å². The SMILES string of the molecule is COC(=O)c1ccc(CCCN2C(=O)CC[C@@H]2/C=C/C(=O)c2ccccc2)cc1. The van der Waals surface area contributed by atoms with Crippen LogP contribution in [0, 0.1) is 0 Å². The highest BCUT2D eigenvalue weighted by Gasteiger charge is 2.28. The van der Waals surface area contributed by atoms with E-state index >= 15 is 0 Å². The minimum atomic E-state index is -0.348. The third-order valence-electron chi connectivity index (χ3n) is 5.14. The molecule has 0 radical (unpaired) electrons. The number of likely N-dealkylation sites (tertiary alicyclic amines) is 1. The Bertz CT molecular complexity index is 887. The molecule has 0 bridgehead atoms. The van der Waals surface area contributed by atoms with Crippen molar-refractivity contribution >= 4 is 17.7 Å². The summed E-state index contributed by atoms with van der Waals surface area (Å²) in [6.45, 7) is 0.645. The van der Waals surface area contributed by atoms with Crippen LogP contribution in [0.25, 0.3) is 0 Å². The van der Waals surface area contributed by atoms with E-state index in [4.69, 9.17) is 4.74 Å². The highest BCUT2D eigenvalue weighted by Crippen LogP contribution is 2.21. The molecule has 1 aliphatic rings. The molecule has 0 unspecified atom stereocenters. The zero-order chi connectivity index (χ0) is 20.6. The number of nitrogens with zero attached hydrogens (tertiary/aromatic N) is 1. The normalized spacial score (nSPS) is 16.4. The molecular weight excluding hydrogens is 366 g/mol. The van der Waals surface area contributed by atoms with Crippen molar-refractivity contribution in [1.82, 2.24) is 4.90 Å². The van der Waals surface area contributed by atoms with Crippen LogP contribution >= 0.6 is 0 Å². The second-order valence-corrected chi connectivity index (χ2v) is 7.07. The molecule has 2 aromatic rings. The van der Waals surface area contributed by atoms with E-state index in [2.05, 4.69) is 0 Å². The summed E-state index contributed by atoms with van der Waals surface area (Å²) in [5.41, 5.74) is 2.28. The molecule has 1 aliphatic heterocycles. The van der Waals surface area contributed by atoms with Gasteiger partial charge < -0.3 is 9.64 Å². The fraction of sp³-hybridized carbons (Fsp3) is 0.292. The summed E-state index contributed by atoms with van der Waals surface area (Å²) in [5, 5.41) is 0. The van der Waals surface area contributed by atoms with Crippen molar-refractivity contribution in [2.45, 2.75) is 31.7 Å². The number of carbonyl (C=O) groups is 3. The summed E-state index contributed by atoms with van der Waals surface area (Å²) < 4.78 is 4.70. The fourth-order valence-corrected chi connectivity index (χ4v) is 3.52. The molecule has 0 aromatic heterocycles. The van der Waals surface area contributed by atoms with E-state index < -0.39 is 0 Å². The third-order valence-corrected chi connectivity index (χ3v) is 5.14. The van der Waals surface area contributed by atoms with Crippen LogP contribution in [0.3, 0.4) is 0 Å². The quantitative estimate of drug-likeness (QED) is 0.390. The second kappa shape index (κ2) is 9.82. The van der Waals surface area contributed by atoms with Crippen LogP contribution in [0.15, 0.2) is 66.7 Å². The number of hydrogen-bond acceptors (Lipinski definition) is 4. The summed E-state index contributed by atoms with van der Waals surface area (Å²) in [5.74, 6) is -0.262. The molecule has 0 spiro atoms. The number of carbonyl (C=O) groups excluding carboxylic acids is 3. The summed E-state index contributed by atoms with van der Waals surface area (Å²) >= 11 is 0. The van der Waals surface area contributed by atoms with Gasteiger partial charge in [0.15, 0.2) is 5.78 Å². The largest absolute Gasteiger partial charge is 0.465 e. The number of ether oxygens (including phenoxy) is 1. The third kappa shape index (κ3) is 5.41. The van der Waals surface area contributed by atoms with Crippen molar-refractivity contribution in [3.05, 3.63) is 83.4 Å². The topological polar surface area (TPSA) is 63.7 Å². The van der Waals surface area contributed by atoms with Gasteiger partial charge in [-0.05, 0) is 43.0 Å². The van der Waals surface area contributed by atoms with E-state index in [1.807, 2.05) is 41.3 Å². The Labute approximate surface area is 171 Å². The first-order chi connectivity index (χ1) is 14.1. The van der Waals surface area contributed by atoms with Crippen molar-refractivity contribution < 1.29 is 19.1 Å². The zero-order valence-corrected chi connectivity index (χ0v) is 16.5. The number of ketones is 1. The number of aryl methyl sites for hydroxylation is 1. The Kier molecular flexibility index (Phi) is 6.95. The van der Waals surface area contributed by atoms with Crippen molar-refractivity contribution in [1.29, 1.82) is 0 Å². The van der Waals surface area contributed by atoms with Crippen LogP contribution in [-0.4, -0.2) is 42.3 Å². The van der Waals surface area contributed by atoms with E-state index in [0.717, 1.165) is 24.8 Å². The van der Waals surface area contributed by atoms with Gasteiger partial charge in [-0.3, -0.25) is 9.59 Å². The monoisotopic (exact) mass is 391 g/mol. The minimum Gasteiger partial charge on any atom is -0.465 e. The van der Waals surface area contributed by atoms with Crippen LogP contribution in [0.5, 0.6) is 0 Å². The van der Waals surface area contributed by atoms with Gasteiger partial charge in [0, 0.05) is 18.5 Å². The number of benzene rings is 2. The van der Waals surface area contributed by atoms with Gasteiger partial charge in [0.1, 0.15) is 0 Å². The molecule has 1 fully saturated rings. The van der Waals surface area contributed by atoms with Crippen LogP contribution in [0.2, 0.25) is 0 Å². The van der Waals surface area contributed by atoms with Crippen molar-refractivity contribution in [3.8, 4) is 0 Å². The molecule has 3 rings (SSSR count). The van der Waals surface area contributed by atoms with Gasteiger partial charge in [0.2, 0.25) is 5.91 Å². The lowest BCUT2D eigenvalue weighted by Gasteiger charge is -2.22. The first-order valence-corrected chi connectivity index (χ1v) is 9.83. The molecule has 1 heterocycles. The highest BCUT2D eigenvalue weighted by molar-refractivity contribution is 6.04. The lowest BCUT2D eigenvalue weighted by Crippen LogP contribution is -2.33. The molecule has 0 N–H and O–H groups in total. The van der Waals surface area contributed by atoms with E-state index in [1.54, 1.807) is 30.3 Å². The van der Waals surface area contributed by atoms with Crippen LogP contribution in [-0.2, 0) is 16.0 Å². The van der Waals surface area contributed by atoms with E-state index in [1.165, 1.54) is 7.11 Å². The number of esters is 1. The van der Waals surface area contributed by atoms with Crippen molar-refractivity contribution in [2.75, 3.05) is 13.7 Å². The average Bonchev–Trinajstić information content (AvgIpc) is 3.12. The maximum Gasteiger partial charge on any atom is 0.337 e. The van der Waals surface area contributed by atoms with Gasteiger partial charge in [-0.25, -0.2) is 4.79 Å². The van der Waals surface area contributed by atoms with Gasteiger partial charge in [-0.1, -0.05) is 48.5 Å². The zero-order valence-electron chi connectivity index (χ0n) is 16.5. The van der Waals surface area contributed by atoms with Gasteiger partial charge in [-0.2, -0.15) is 0 Å². The lowest BCUT2D eigenvalue weighted by atomic mass is 10.1.